The molecule has 1 fully saturated rings. The van der Waals surface area contributed by atoms with E-state index in [4.69, 9.17) is 4.74 Å². The number of aromatic nitrogens is 3. The number of rotatable bonds is 6. The van der Waals surface area contributed by atoms with E-state index in [0.717, 1.165) is 69.7 Å². The molecule has 0 spiro atoms. The third-order valence-corrected chi connectivity index (χ3v) is 5.50. The van der Waals surface area contributed by atoms with Crippen molar-refractivity contribution in [1.82, 2.24) is 25.0 Å². The Morgan fingerprint density at radius 3 is 2.92 bits per heavy atom. The quantitative estimate of drug-likeness (QED) is 0.857. The average molecular weight is 349 g/mol. The lowest BCUT2D eigenvalue weighted by Gasteiger charge is -2.39. The predicted molar refractivity (Wildman–Crippen MR) is 95.4 cm³/mol. The van der Waals surface area contributed by atoms with Crippen molar-refractivity contribution in [3.8, 4) is 0 Å². The van der Waals surface area contributed by atoms with Crippen molar-refractivity contribution in [2.75, 3.05) is 20.3 Å². The fourth-order valence-corrected chi connectivity index (χ4v) is 4.38. The van der Waals surface area contributed by atoms with Crippen molar-refractivity contribution in [1.29, 1.82) is 0 Å². The lowest BCUT2D eigenvalue weighted by Crippen LogP contribution is -2.54. The molecule has 7 heteroatoms. The lowest BCUT2D eigenvalue weighted by atomic mass is 9.91. The molecule has 1 aromatic rings. The number of carbonyl (C=O) groups is 1. The van der Waals surface area contributed by atoms with E-state index in [9.17, 15) is 4.79 Å². The molecule has 3 rings (SSSR count). The first-order chi connectivity index (χ1) is 12.1. The van der Waals surface area contributed by atoms with Crippen LogP contribution in [0.3, 0.4) is 0 Å². The standard InChI is InChI=1S/C18H31N5O2/c1-4-9-18(13-25-3)10-7-11-22(18)17(24)19-14-8-6-12-23-16(14)20-15(5-2)21-23/h14H,4-13H2,1-3H3,(H,19,24)/t14-,18+/m0/s1. The Hall–Kier alpha value is -1.63. The number of methoxy groups -OCH3 is 1. The van der Waals surface area contributed by atoms with Gasteiger partial charge in [-0.25, -0.2) is 14.5 Å². The van der Waals surface area contributed by atoms with Gasteiger partial charge in [0.1, 0.15) is 5.82 Å². The summed E-state index contributed by atoms with van der Waals surface area (Å²) in [5, 5.41) is 7.77. The molecular formula is C18H31N5O2. The van der Waals surface area contributed by atoms with Gasteiger partial charge in [0.05, 0.1) is 18.2 Å². The fraction of sp³-hybridized carbons (Fsp3) is 0.833. The maximum Gasteiger partial charge on any atom is 0.318 e. The average Bonchev–Trinajstić information content (AvgIpc) is 3.20. The minimum absolute atomic E-state index is 0.0162. The topological polar surface area (TPSA) is 72.3 Å². The number of nitrogens with zero attached hydrogens (tertiary/aromatic N) is 4. The number of fused-ring (bicyclic) bond motifs is 1. The van der Waals surface area contributed by atoms with Crippen molar-refractivity contribution >= 4 is 6.03 Å². The van der Waals surface area contributed by atoms with Gasteiger partial charge in [-0.05, 0) is 32.1 Å². The van der Waals surface area contributed by atoms with Gasteiger partial charge < -0.3 is 15.0 Å². The Balaban J connectivity index is 1.75. The summed E-state index contributed by atoms with van der Waals surface area (Å²) in [7, 11) is 1.72. The number of nitrogens with one attached hydrogen (secondary N) is 1. The van der Waals surface area contributed by atoms with Crippen LogP contribution in [0.15, 0.2) is 0 Å². The summed E-state index contributed by atoms with van der Waals surface area (Å²) < 4.78 is 7.44. The summed E-state index contributed by atoms with van der Waals surface area (Å²) in [5.74, 6) is 1.76. The van der Waals surface area contributed by atoms with Crippen LogP contribution >= 0.6 is 0 Å². The second kappa shape index (κ2) is 7.72. The number of hydrogen-bond acceptors (Lipinski definition) is 4. The first-order valence-electron chi connectivity index (χ1n) is 9.64. The van der Waals surface area contributed by atoms with Gasteiger partial charge in [-0.3, -0.25) is 0 Å². The van der Waals surface area contributed by atoms with Crippen LogP contribution in [0.5, 0.6) is 0 Å². The minimum atomic E-state index is -0.162. The molecule has 1 aromatic heterocycles. The van der Waals surface area contributed by atoms with Gasteiger partial charge in [0.25, 0.3) is 0 Å². The van der Waals surface area contributed by atoms with Gasteiger partial charge in [-0.15, -0.1) is 0 Å². The number of hydrogen-bond donors (Lipinski definition) is 1. The van der Waals surface area contributed by atoms with Crippen molar-refractivity contribution < 1.29 is 9.53 Å². The molecule has 0 aromatic carbocycles. The number of carbonyl (C=O) groups excluding carboxylic acids is 1. The van der Waals surface area contributed by atoms with Crippen molar-refractivity contribution in [2.24, 2.45) is 0 Å². The van der Waals surface area contributed by atoms with Crippen LogP contribution in [0.2, 0.25) is 0 Å². The molecule has 2 amide bonds. The molecule has 0 radical (unpaired) electrons. The van der Waals surface area contributed by atoms with E-state index in [1.165, 1.54) is 0 Å². The maximum absolute atomic E-state index is 13.1. The monoisotopic (exact) mass is 349 g/mol. The summed E-state index contributed by atoms with van der Waals surface area (Å²) in [5.41, 5.74) is -0.162. The van der Waals surface area contributed by atoms with Crippen LogP contribution in [0.1, 0.15) is 70.1 Å². The SMILES string of the molecule is CCC[C@]1(COC)CCCN1C(=O)N[C@H]1CCCn2nc(CC)nc21. The van der Waals surface area contributed by atoms with Crippen molar-refractivity contribution in [2.45, 2.75) is 76.9 Å². The first-order valence-corrected chi connectivity index (χ1v) is 9.64. The van der Waals surface area contributed by atoms with Crippen molar-refractivity contribution in [3.05, 3.63) is 11.6 Å². The maximum atomic E-state index is 13.1. The number of ether oxygens (including phenoxy) is 1. The molecule has 140 valence electrons. The summed E-state index contributed by atoms with van der Waals surface area (Å²) in [6.07, 6.45) is 6.84. The second-order valence-electron chi connectivity index (χ2n) is 7.27. The van der Waals surface area contributed by atoms with E-state index in [0.29, 0.717) is 6.61 Å². The van der Waals surface area contributed by atoms with Crippen LogP contribution in [0, 0.1) is 0 Å². The van der Waals surface area contributed by atoms with E-state index in [1.54, 1.807) is 7.11 Å². The van der Waals surface area contributed by atoms with Gasteiger partial charge in [0.15, 0.2) is 5.82 Å². The van der Waals surface area contributed by atoms with E-state index in [2.05, 4.69) is 29.2 Å². The second-order valence-corrected chi connectivity index (χ2v) is 7.27. The zero-order valence-electron chi connectivity index (χ0n) is 15.8. The van der Waals surface area contributed by atoms with Crippen molar-refractivity contribution in [3.63, 3.8) is 0 Å². The Labute approximate surface area is 150 Å². The molecule has 2 aliphatic heterocycles. The molecule has 2 aliphatic rings. The summed E-state index contributed by atoms with van der Waals surface area (Å²) in [6, 6.07) is -0.0287. The number of likely N-dealkylation sites (tertiary alicyclic amines) is 1. The largest absolute Gasteiger partial charge is 0.382 e. The number of aryl methyl sites for hydroxylation is 2. The van der Waals surface area contributed by atoms with E-state index < -0.39 is 0 Å². The van der Waals surface area contributed by atoms with Crippen LogP contribution in [-0.2, 0) is 17.7 Å². The molecule has 3 heterocycles. The zero-order chi connectivity index (χ0) is 17.9. The summed E-state index contributed by atoms with van der Waals surface area (Å²) in [4.78, 5) is 19.7. The van der Waals surface area contributed by atoms with Gasteiger partial charge >= 0.3 is 6.03 Å². The molecular weight excluding hydrogens is 318 g/mol. The molecule has 2 atom stereocenters. The van der Waals surface area contributed by atoms with Gasteiger partial charge in [0.2, 0.25) is 0 Å². The smallest absolute Gasteiger partial charge is 0.318 e. The van der Waals surface area contributed by atoms with Crippen LogP contribution < -0.4 is 5.32 Å². The first kappa shape index (κ1) is 18.2. The molecule has 1 N–H and O–H groups in total. The highest BCUT2D eigenvalue weighted by atomic mass is 16.5. The molecule has 0 aliphatic carbocycles. The van der Waals surface area contributed by atoms with E-state index >= 15 is 0 Å². The summed E-state index contributed by atoms with van der Waals surface area (Å²) >= 11 is 0. The fourth-order valence-electron chi connectivity index (χ4n) is 4.38. The van der Waals surface area contributed by atoms with Crippen LogP contribution in [-0.4, -0.2) is 51.5 Å². The Morgan fingerprint density at radius 2 is 2.20 bits per heavy atom. The van der Waals surface area contributed by atoms with Gasteiger partial charge in [0, 0.05) is 26.6 Å². The third kappa shape index (κ3) is 3.52. The van der Waals surface area contributed by atoms with Gasteiger partial charge in [-0.1, -0.05) is 20.3 Å². The van der Waals surface area contributed by atoms with Gasteiger partial charge in [-0.2, -0.15) is 5.10 Å². The molecule has 7 nitrogen and oxygen atoms in total. The number of urea groups is 1. The molecule has 0 unspecified atom stereocenters. The van der Waals surface area contributed by atoms with Crippen LogP contribution in [0.25, 0.3) is 0 Å². The van der Waals surface area contributed by atoms with Crippen LogP contribution in [0.4, 0.5) is 4.79 Å². The van der Waals surface area contributed by atoms with E-state index in [1.807, 2.05) is 9.58 Å². The molecule has 25 heavy (non-hydrogen) atoms. The Morgan fingerprint density at radius 1 is 1.36 bits per heavy atom. The molecule has 0 saturated carbocycles. The minimum Gasteiger partial charge on any atom is -0.382 e. The highest BCUT2D eigenvalue weighted by Gasteiger charge is 2.43. The zero-order valence-corrected chi connectivity index (χ0v) is 15.8. The third-order valence-electron chi connectivity index (χ3n) is 5.50. The Bertz CT molecular complexity index is 594. The normalized spacial score (nSPS) is 25.9. The predicted octanol–water partition coefficient (Wildman–Crippen LogP) is 2.67. The lowest BCUT2D eigenvalue weighted by molar-refractivity contribution is 0.0489. The number of amides is 2. The van der Waals surface area contributed by atoms with E-state index in [-0.39, 0.29) is 17.6 Å². The highest BCUT2D eigenvalue weighted by Crippen LogP contribution is 2.34. The highest BCUT2D eigenvalue weighted by molar-refractivity contribution is 5.76. The Kier molecular flexibility index (Phi) is 5.61. The molecule has 1 saturated heterocycles. The summed E-state index contributed by atoms with van der Waals surface area (Å²) in [6.45, 7) is 6.52. The molecule has 0 bridgehead atoms.